The lowest BCUT2D eigenvalue weighted by atomic mass is 9.98. The number of carbonyl (C=O) groups excluding carboxylic acids is 2. The zero-order chi connectivity index (χ0) is 50.3. The lowest BCUT2D eigenvalue weighted by Gasteiger charge is -2.42. The summed E-state index contributed by atoms with van der Waals surface area (Å²) >= 11 is 0. The number of ether oxygens (including phenoxy) is 6. The summed E-state index contributed by atoms with van der Waals surface area (Å²) in [6, 6.07) is 0. The minimum atomic E-state index is -1.77. The summed E-state index contributed by atoms with van der Waals surface area (Å²) in [4.78, 5) is 25.7. The predicted octanol–water partition coefficient (Wildman–Crippen LogP) is 8.33. The van der Waals surface area contributed by atoms with Crippen molar-refractivity contribution in [3.8, 4) is 0 Å². The maximum atomic E-state index is 13.0. The number of aliphatic hydroxyl groups is 7. The van der Waals surface area contributed by atoms with E-state index in [0.717, 1.165) is 32.1 Å². The van der Waals surface area contributed by atoms with Gasteiger partial charge in [-0.1, -0.05) is 205 Å². The lowest BCUT2D eigenvalue weighted by molar-refractivity contribution is -0.332. The van der Waals surface area contributed by atoms with Gasteiger partial charge in [0.05, 0.1) is 19.8 Å². The van der Waals surface area contributed by atoms with Crippen LogP contribution in [0.3, 0.4) is 0 Å². The Bertz CT molecular complexity index is 1300. The standard InChI is InChI=1S/C54H98O15/c1-3-5-7-9-11-13-15-17-19-20-21-23-25-27-29-31-33-35-37-46(57)67-42(39-64-45(56)36-34-32-30-28-26-24-22-18-16-14-12-10-8-6-4-2)40-65-53-52(63)50(61)48(59)44(69-53)41-66-54-51(62)49(60)47(58)43(38-55)68-54/h30,32,34,36,42-44,47-55,58-63H,3-29,31,33,35,37-41H2,1-2H3/b32-30+,36-34+/t42-,43+,44+,47-,48-,49?,50?,51?,52?,53+,54+/m1/s1. The highest BCUT2D eigenvalue weighted by atomic mass is 16.7. The van der Waals surface area contributed by atoms with Gasteiger partial charge in [0.15, 0.2) is 18.7 Å². The molecule has 7 N–H and O–H groups in total. The van der Waals surface area contributed by atoms with Crippen molar-refractivity contribution >= 4 is 11.9 Å². The van der Waals surface area contributed by atoms with Crippen molar-refractivity contribution < 1.29 is 73.8 Å². The van der Waals surface area contributed by atoms with Gasteiger partial charge in [-0.25, -0.2) is 4.79 Å². The summed E-state index contributed by atoms with van der Waals surface area (Å²) in [6.45, 7) is 2.50. The summed E-state index contributed by atoms with van der Waals surface area (Å²) in [7, 11) is 0. The molecule has 11 atom stereocenters. The van der Waals surface area contributed by atoms with E-state index in [-0.39, 0.29) is 13.0 Å². The Morgan fingerprint density at radius 2 is 0.913 bits per heavy atom. The average Bonchev–Trinajstić information content (AvgIpc) is 3.34. The van der Waals surface area contributed by atoms with E-state index in [2.05, 4.69) is 13.8 Å². The highest BCUT2D eigenvalue weighted by Gasteiger charge is 2.47. The first-order chi connectivity index (χ1) is 33.5. The van der Waals surface area contributed by atoms with Crippen LogP contribution < -0.4 is 0 Å². The van der Waals surface area contributed by atoms with Crippen molar-refractivity contribution in [2.24, 2.45) is 0 Å². The van der Waals surface area contributed by atoms with Crippen molar-refractivity contribution in [3.05, 3.63) is 24.3 Å². The molecular formula is C54H98O15. The number of aliphatic hydroxyl groups excluding tert-OH is 7. The van der Waals surface area contributed by atoms with Crippen LogP contribution in [0.15, 0.2) is 24.3 Å². The summed E-state index contributed by atoms with van der Waals surface area (Å²) in [5.74, 6) is -1.17. The average molecular weight is 987 g/mol. The maximum absolute atomic E-state index is 13.0. The van der Waals surface area contributed by atoms with E-state index in [0.29, 0.717) is 6.42 Å². The minimum Gasteiger partial charge on any atom is -0.458 e. The van der Waals surface area contributed by atoms with Crippen molar-refractivity contribution in [2.45, 2.75) is 280 Å². The van der Waals surface area contributed by atoms with E-state index < -0.39 is 99.3 Å². The number of hydrogen-bond donors (Lipinski definition) is 7. The molecule has 0 aromatic carbocycles. The summed E-state index contributed by atoms with van der Waals surface area (Å²) < 4.78 is 33.4. The van der Waals surface area contributed by atoms with Gasteiger partial charge in [-0.05, 0) is 19.3 Å². The van der Waals surface area contributed by atoms with E-state index >= 15 is 0 Å². The highest BCUT2D eigenvalue weighted by Crippen LogP contribution is 2.27. The zero-order valence-corrected chi connectivity index (χ0v) is 42.8. The second-order valence-electron chi connectivity index (χ2n) is 19.5. The van der Waals surface area contributed by atoms with E-state index in [1.54, 1.807) is 12.2 Å². The molecule has 0 aromatic rings. The second-order valence-corrected chi connectivity index (χ2v) is 19.5. The smallest absolute Gasteiger partial charge is 0.330 e. The van der Waals surface area contributed by atoms with Gasteiger partial charge >= 0.3 is 11.9 Å². The second kappa shape index (κ2) is 41.5. The molecule has 0 radical (unpaired) electrons. The molecule has 4 unspecified atom stereocenters. The van der Waals surface area contributed by atoms with Crippen LogP contribution in [0, 0.1) is 0 Å². The molecule has 69 heavy (non-hydrogen) atoms. The Kier molecular flexibility index (Phi) is 37.9. The van der Waals surface area contributed by atoms with E-state index in [1.807, 2.05) is 6.08 Å². The molecular weight excluding hydrogens is 889 g/mol. The number of hydrogen-bond acceptors (Lipinski definition) is 15. The van der Waals surface area contributed by atoms with Crippen molar-refractivity contribution in [1.29, 1.82) is 0 Å². The van der Waals surface area contributed by atoms with Crippen LogP contribution in [0.5, 0.6) is 0 Å². The summed E-state index contributed by atoms with van der Waals surface area (Å²) in [5, 5.41) is 72.1. The number of esters is 2. The quantitative estimate of drug-likeness (QED) is 0.0132. The van der Waals surface area contributed by atoms with Crippen molar-refractivity contribution in [3.63, 3.8) is 0 Å². The van der Waals surface area contributed by atoms with Crippen LogP contribution in [0.2, 0.25) is 0 Å². The zero-order valence-electron chi connectivity index (χ0n) is 42.8. The fraction of sp³-hybridized carbons (Fsp3) is 0.889. The fourth-order valence-electron chi connectivity index (χ4n) is 8.78. The molecule has 0 saturated carbocycles. The third kappa shape index (κ3) is 29.3. The largest absolute Gasteiger partial charge is 0.458 e. The van der Waals surface area contributed by atoms with E-state index in [1.165, 1.54) is 160 Å². The normalized spacial score (nSPS) is 25.7. The summed E-state index contributed by atoms with van der Waals surface area (Å²) in [5.41, 5.74) is 0. The van der Waals surface area contributed by atoms with Crippen LogP contribution >= 0.6 is 0 Å². The Labute approximate surface area is 415 Å². The Morgan fingerprint density at radius 3 is 1.39 bits per heavy atom. The minimum absolute atomic E-state index is 0.151. The molecule has 0 bridgehead atoms. The fourth-order valence-corrected chi connectivity index (χ4v) is 8.78. The number of allylic oxidation sites excluding steroid dienone is 3. The van der Waals surface area contributed by atoms with Gasteiger partial charge in [-0.2, -0.15) is 0 Å². The number of rotatable bonds is 43. The third-order valence-corrected chi connectivity index (χ3v) is 13.3. The summed E-state index contributed by atoms with van der Waals surface area (Å²) in [6.07, 6.45) is 26.9. The molecule has 404 valence electrons. The van der Waals surface area contributed by atoms with Gasteiger partial charge in [0.2, 0.25) is 0 Å². The highest BCUT2D eigenvalue weighted by molar-refractivity contribution is 5.82. The van der Waals surface area contributed by atoms with Gasteiger partial charge in [-0.3, -0.25) is 4.79 Å². The maximum Gasteiger partial charge on any atom is 0.330 e. The molecule has 0 amide bonds. The van der Waals surface area contributed by atoms with Gasteiger partial charge in [0.1, 0.15) is 55.4 Å². The van der Waals surface area contributed by atoms with Crippen molar-refractivity contribution in [1.82, 2.24) is 0 Å². The molecule has 2 rings (SSSR count). The Hall–Kier alpha value is -2.02. The Morgan fingerprint density at radius 1 is 0.493 bits per heavy atom. The topological polar surface area (TPSA) is 231 Å². The van der Waals surface area contributed by atoms with Crippen LogP contribution in [-0.2, 0) is 38.0 Å². The molecule has 15 nitrogen and oxygen atoms in total. The molecule has 2 fully saturated rings. The molecule has 2 heterocycles. The SMILES string of the molecule is CCCCCCCCCCCCC/C=C/C=C/C(=O)OC[C@H](CO[C@H]1O[C@@H](CO[C@H]2O[C@@H](CO)[C@@H](O)C(O)C2O)[C@@H](O)C(O)C1O)OC(=O)CCCCCCCCCCCCCCCCCCCC. The third-order valence-electron chi connectivity index (χ3n) is 13.3. The first-order valence-electron chi connectivity index (χ1n) is 27.5. The van der Waals surface area contributed by atoms with Gasteiger partial charge < -0.3 is 64.2 Å². The first-order valence-corrected chi connectivity index (χ1v) is 27.5. The van der Waals surface area contributed by atoms with E-state index in [9.17, 15) is 45.3 Å². The van der Waals surface area contributed by atoms with Gasteiger partial charge in [0.25, 0.3) is 0 Å². The number of unbranched alkanes of at least 4 members (excludes halogenated alkanes) is 28. The molecule has 2 aliphatic heterocycles. The molecule has 15 heteroatoms. The Balaban J connectivity index is 1.80. The molecule has 2 saturated heterocycles. The first kappa shape index (κ1) is 63.1. The van der Waals surface area contributed by atoms with Crippen LogP contribution in [-0.4, -0.2) is 142 Å². The van der Waals surface area contributed by atoms with Crippen LogP contribution in [0.25, 0.3) is 0 Å². The van der Waals surface area contributed by atoms with Crippen LogP contribution in [0.1, 0.15) is 213 Å². The monoisotopic (exact) mass is 987 g/mol. The van der Waals surface area contributed by atoms with Crippen molar-refractivity contribution in [2.75, 3.05) is 26.4 Å². The molecule has 0 aliphatic carbocycles. The number of carbonyl (C=O) groups is 2. The van der Waals surface area contributed by atoms with E-state index in [4.69, 9.17) is 28.4 Å². The molecule has 0 spiro atoms. The predicted molar refractivity (Wildman–Crippen MR) is 266 cm³/mol. The van der Waals surface area contributed by atoms with Gasteiger partial charge in [0, 0.05) is 12.5 Å². The van der Waals surface area contributed by atoms with Crippen LogP contribution in [0.4, 0.5) is 0 Å². The lowest BCUT2D eigenvalue weighted by Crippen LogP contribution is -2.61. The molecule has 2 aliphatic rings. The molecule has 0 aromatic heterocycles. The van der Waals surface area contributed by atoms with Gasteiger partial charge in [-0.15, -0.1) is 0 Å².